The van der Waals surface area contributed by atoms with Crippen LogP contribution in [0.5, 0.6) is 0 Å². The van der Waals surface area contributed by atoms with Crippen molar-refractivity contribution >= 4 is 23.4 Å². The quantitative estimate of drug-likeness (QED) is 0.522. The summed E-state index contributed by atoms with van der Waals surface area (Å²) in [5, 5.41) is 20.5. The number of benzene rings is 1. The maximum absolute atomic E-state index is 12.5. The molecular formula is C18H22N4O4. The van der Waals surface area contributed by atoms with Crippen LogP contribution in [0.1, 0.15) is 43.2 Å². The van der Waals surface area contributed by atoms with Gasteiger partial charge in [0, 0.05) is 24.6 Å². The summed E-state index contributed by atoms with van der Waals surface area (Å²) in [4.78, 5) is 30.5. The van der Waals surface area contributed by atoms with E-state index in [1.54, 1.807) is 17.0 Å². The molecule has 1 aromatic carbocycles. The van der Waals surface area contributed by atoms with Crippen molar-refractivity contribution in [2.45, 2.75) is 44.2 Å². The van der Waals surface area contributed by atoms with Crippen molar-refractivity contribution in [1.29, 1.82) is 5.41 Å². The zero-order valence-electron chi connectivity index (χ0n) is 14.4. The molecule has 8 nitrogen and oxygen atoms in total. The monoisotopic (exact) mass is 358 g/mol. The molecule has 4 N–H and O–H groups in total. The maximum atomic E-state index is 12.5. The molecule has 0 radical (unpaired) electrons. The van der Waals surface area contributed by atoms with Gasteiger partial charge in [-0.3, -0.25) is 15.0 Å². The molecule has 26 heavy (non-hydrogen) atoms. The number of amidine groups is 1. The minimum absolute atomic E-state index is 0.00571. The number of carboxylic acid groups (broad SMARTS) is 1. The average molecular weight is 358 g/mol. The number of nitrogens with zero attached hydrogens (tertiary/aromatic N) is 2. The van der Waals surface area contributed by atoms with E-state index in [0.717, 1.165) is 24.1 Å². The number of nitrogens with one attached hydrogen (secondary N) is 1. The summed E-state index contributed by atoms with van der Waals surface area (Å²) >= 11 is 0. The van der Waals surface area contributed by atoms with E-state index in [9.17, 15) is 9.59 Å². The van der Waals surface area contributed by atoms with Crippen LogP contribution in [0.3, 0.4) is 0 Å². The van der Waals surface area contributed by atoms with Gasteiger partial charge in [0.25, 0.3) is 0 Å². The van der Waals surface area contributed by atoms with Crippen molar-refractivity contribution in [3.05, 3.63) is 35.4 Å². The summed E-state index contributed by atoms with van der Waals surface area (Å²) < 4.78 is 0. The molecule has 2 atom stereocenters. The van der Waals surface area contributed by atoms with Crippen molar-refractivity contribution in [3.63, 3.8) is 0 Å². The molecule has 1 aromatic rings. The number of nitrogen functional groups attached to an aromatic ring is 1. The molecule has 0 aromatic heterocycles. The van der Waals surface area contributed by atoms with Crippen molar-refractivity contribution in [1.82, 2.24) is 4.90 Å². The van der Waals surface area contributed by atoms with Crippen LogP contribution in [-0.2, 0) is 14.4 Å². The molecule has 1 saturated heterocycles. The molecular weight excluding hydrogens is 336 g/mol. The van der Waals surface area contributed by atoms with Crippen LogP contribution in [0, 0.1) is 5.41 Å². The number of oxime groups is 1. The second kappa shape index (κ2) is 7.55. The summed E-state index contributed by atoms with van der Waals surface area (Å²) in [7, 11) is 0. The number of hydrogen-bond acceptors (Lipinski definition) is 5. The molecule has 138 valence electrons. The Morgan fingerprint density at radius 1 is 1.31 bits per heavy atom. The van der Waals surface area contributed by atoms with Crippen LogP contribution < -0.4 is 5.73 Å². The predicted molar refractivity (Wildman–Crippen MR) is 95.1 cm³/mol. The number of carbonyl (C=O) groups is 2. The van der Waals surface area contributed by atoms with Crippen LogP contribution >= 0.6 is 0 Å². The Morgan fingerprint density at radius 2 is 2.04 bits per heavy atom. The minimum Gasteiger partial charge on any atom is -0.481 e. The van der Waals surface area contributed by atoms with Crippen molar-refractivity contribution < 1.29 is 19.5 Å². The van der Waals surface area contributed by atoms with Crippen molar-refractivity contribution in [3.8, 4) is 0 Å². The first-order chi connectivity index (χ1) is 12.4. The van der Waals surface area contributed by atoms with Crippen LogP contribution in [0.2, 0.25) is 0 Å². The Hall–Kier alpha value is -2.90. The molecule has 1 fully saturated rings. The highest BCUT2D eigenvalue weighted by Crippen LogP contribution is 2.24. The lowest BCUT2D eigenvalue weighted by Crippen LogP contribution is -2.38. The van der Waals surface area contributed by atoms with E-state index < -0.39 is 5.97 Å². The molecule has 2 heterocycles. The Bertz CT molecular complexity index is 744. The first-order valence-corrected chi connectivity index (χ1v) is 8.63. The zero-order valence-corrected chi connectivity index (χ0v) is 14.4. The van der Waals surface area contributed by atoms with E-state index in [-0.39, 0.29) is 36.7 Å². The van der Waals surface area contributed by atoms with Gasteiger partial charge in [-0.25, -0.2) is 0 Å². The first-order valence-electron chi connectivity index (χ1n) is 8.63. The van der Waals surface area contributed by atoms with E-state index in [4.69, 9.17) is 21.1 Å². The number of aliphatic carboxylic acids is 1. The number of likely N-dealkylation sites (tertiary alicyclic amines) is 1. The number of hydrogen-bond donors (Lipinski definition) is 3. The second-order valence-electron chi connectivity index (χ2n) is 6.65. The number of rotatable bonds is 6. The van der Waals surface area contributed by atoms with Gasteiger partial charge in [0.1, 0.15) is 11.9 Å². The third kappa shape index (κ3) is 4.01. The van der Waals surface area contributed by atoms with E-state index in [0.29, 0.717) is 18.5 Å². The van der Waals surface area contributed by atoms with Gasteiger partial charge in [0.05, 0.1) is 18.6 Å². The second-order valence-corrected chi connectivity index (χ2v) is 6.65. The fourth-order valence-corrected chi connectivity index (χ4v) is 3.44. The Balaban J connectivity index is 1.55. The van der Waals surface area contributed by atoms with E-state index in [2.05, 4.69) is 5.16 Å². The van der Waals surface area contributed by atoms with Crippen LogP contribution in [0.4, 0.5) is 0 Å². The summed E-state index contributed by atoms with van der Waals surface area (Å²) in [5.74, 6) is -0.959. The lowest BCUT2D eigenvalue weighted by atomic mass is 10.0. The van der Waals surface area contributed by atoms with E-state index in [1.807, 2.05) is 12.1 Å². The highest BCUT2D eigenvalue weighted by molar-refractivity contribution is 6.02. The van der Waals surface area contributed by atoms with Crippen LogP contribution in [0.25, 0.3) is 0 Å². The van der Waals surface area contributed by atoms with Crippen LogP contribution in [-0.4, -0.2) is 52.1 Å². The molecule has 0 spiro atoms. The normalized spacial score (nSPS) is 22.0. The predicted octanol–water partition coefficient (Wildman–Crippen LogP) is 1.32. The molecule has 8 heteroatoms. The van der Waals surface area contributed by atoms with E-state index in [1.165, 1.54) is 0 Å². The van der Waals surface area contributed by atoms with Crippen molar-refractivity contribution in [2.75, 3.05) is 6.54 Å². The first kappa shape index (κ1) is 17.9. The average Bonchev–Trinajstić information content (AvgIpc) is 3.24. The van der Waals surface area contributed by atoms with E-state index >= 15 is 0 Å². The van der Waals surface area contributed by atoms with Gasteiger partial charge >= 0.3 is 5.97 Å². The Labute approximate surface area is 151 Å². The molecule has 2 unspecified atom stereocenters. The molecule has 2 aliphatic rings. The minimum atomic E-state index is -0.883. The molecule has 0 saturated carbocycles. The smallest absolute Gasteiger partial charge is 0.305 e. The zero-order chi connectivity index (χ0) is 18.7. The van der Waals surface area contributed by atoms with Gasteiger partial charge in [-0.15, -0.1) is 0 Å². The number of amides is 1. The lowest BCUT2D eigenvalue weighted by molar-refractivity contribution is -0.140. The molecule has 2 aliphatic heterocycles. The van der Waals surface area contributed by atoms with Crippen LogP contribution in [0.15, 0.2) is 29.4 Å². The number of nitrogens with two attached hydrogens (primary N) is 1. The SMILES string of the molecule is N=C(N)c1ccc(C2=NOC(CC(=O)N3CCCC3CC(=O)O)C2)cc1. The lowest BCUT2D eigenvalue weighted by Gasteiger charge is -2.24. The molecule has 0 bridgehead atoms. The molecule has 3 rings (SSSR count). The van der Waals surface area contributed by atoms with Gasteiger partial charge in [-0.2, -0.15) is 0 Å². The van der Waals surface area contributed by atoms with Gasteiger partial charge in [-0.05, 0) is 18.4 Å². The van der Waals surface area contributed by atoms with Gasteiger partial charge in [0.15, 0.2) is 0 Å². The Morgan fingerprint density at radius 3 is 2.69 bits per heavy atom. The fourth-order valence-electron chi connectivity index (χ4n) is 3.44. The number of carboxylic acids is 1. The highest BCUT2D eigenvalue weighted by Gasteiger charge is 2.33. The maximum Gasteiger partial charge on any atom is 0.305 e. The summed E-state index contributed by atoms with van der Waals surface area (Å²) in [6.07, 6.45) is 1.92. The number of carbonyl (C=O) groups excluding carboxylic acids is 1. The third-order valence-electron chi connectivity index (χ3n) is 4.77. The van der Waals surface area contributed by atoms with Gasteiger partial charge < -0.3 is 20.6 Å². The topological polar surface area (TPSA) is 129 Å². The fraction of sp³-hybridized carbons (Fsp3) is 0.444. The standard InChI is InChI=1S/C18H22N4O4/c19-18(20)12-5-3-11(4-6-12)15-9-14(26-21-15)10-16(23)22-7-1-2-13(22)8-17(24)25/h3-6,13-14H,1-2,7-10H2,(H3,19,20)(H,24,25). The van der Waals surface area contributed by atoms with Crippen molar-refractivity contribution in [2.24, 2.45) is 10.9 Å². The molecule has 0 aliphatic carbocycles. The largest absolute Gasteiger partial charge is 0.481 e. The molecule has 1 amide bonds. The third-order valence-corrected chi connectivity index (χ3v) is 4.77. The Kier molecular flexibility index (Phi) is 5.20. The summed E-state index contributed by atoms with van der Waals surface area (Å²) in [5.41, 5.74) is 7.70. The highest BCUT2D eigenvalue weighted by atomic mass is 16.6. The van der Waals surface area contributed by atoms with Gasteiger partial charge in [-0.1, -0.05) is 29.4 Å². The van der Waals surface area contributed by atoms with Gasteiger partial charge in [0.2, 0.25) is 5.91 Å². The summed E-state index contributed by atoms with van der Waals surface area (Å²) in [6, 6.07) is 6.93. The summed E-state index contributed by atoms with van der Waals surface area (Å²) in [6.45, 7) is 0.601.